The average molecular weight is 195 g/mol. The third-order valence-electron chi connectivity index (χ3n) is 1.21. The summed E-state index contributed by atoms with van der Waals surface area (Å²) in [6, 6.07) is 0. The van der Waals surface area contributed by atoms with E-state index in [4.69, 9.17) is 5.11 Å². The van der Waals surface area contributed by atoms with Gasteiger partial charge in [-0.3, -0.25) is 9.59 Å². The number of carbonyl (C=O) groups excluding carboxylic acids is 2. The topological polar surface area (TPSA) is 66.4 Å². The van der Waals surface area contributed by atoms with Crippen LogP contribution in [0.3, 0.4) is 0 Å². The summed E-state index contributed by atoms with van der Waals surface area (Å²) < 4.78 is 23.3. The van der Waals surface area contributed by atoms with E-state index in [0.29, 0.717) is 0 Å². The van der Waals surface area contributed by atoms with Crippen LogP contribution in [0.15, 0.2) is 0 Å². The quantitative estimate of drug-likeness (QED) is 0.592. The first-order valence-electron chi connectivity index (χ1n) is 3.66. The smallest absolute Gasteiger partial charge is 0.265 e. The van der Waals surface area contributed by atoms with Gasteiger partial charge in [-0.25, -0.2) is 8.78 Å². The van der Waals surface area contributed by atoms with Crippen molar-refractivity contribution in [3.63, 3.8) is 0 Å². The Kier molecular flexibility index (Phi) is 5.13. The molecule has 0 spiro atoms. The SMILES string of the molecule is CC(=O)CC(=O)NCC(O)C(F)F. The standard InChI is InChI=1S/C7H11F2NO3/c1-4(11)2-6(13)10-3-5(12)7(8)9/h5,7,12H,2-3H2,1H3,(H,10,13). The first-order chi connectivity index (χ1) is 5.93. The number of aliphatic hydroxyl groups is 1. The van der Waals surface area contributed by atoms with E-state index in [1.54, 1.807) is 0 Å². The van der Waals surface area contributed by atoms with Crippen LogP contribution < -0.4 is 5.32 Å². The van der Waals surface area contributed by atoms with Crippen LogP contribution >= 0.6 is 0 Å². The molecule has 0 aromatic rings. The number of Topliss-reactive ketones (excluding diaryl/α,β-unsaturated/α-hetero) is 1. The lowest BCUT2D eigenvalue weighted by Gasteiger charge is -2.09. The zero-order valence-electron chi connectivity index (χ0n) is 7.09. The monoisotopic (exact) mass is 195 g/mol. The number of aliphatic hydroxyl groups excluding tert-OH is 1. The molecule has 0 aromatic carbocycles. The molecular weight excluding hydrogens is 184 g/mol. The van der Waals surface area contributed by atoms with Gasteiger partial charge in [0.05, 0.1) is 6.42 Å². The van der Waals surface area contributed by atoms with Crippen molar-refractivity contribution in [2.24, 2.45) is 0 Å². The molecule has 2 N–H and O–H groups in total. The van der Waals surface area contributed by atoms with Gasteiger partial charge in [0.25, 0.3) is 6.43 Å². The molecular formula is C7H11F2NO3. The molecule has 0 heterocycles. The van der Waals surface area contributed by atoms with E-state index >= 15 is 0 Å². The molecule has 1 atom stereocenters. The van der Waals surface area contributed by atoms with Crippen molar-refractivity contribution in [1.82, 2.24) is 5.32 Å². The van der Waals surface area contributed by atoms with Crippen LogP contribution in [0.2, 0.25) is 0 Å². The van der Waals surface area contributed by atoms with E-state index in [2.05, 4.69) is 0 Å². The lowest BCUT2D eigenvalue weighted by molar-refractivity contribution is -0.127. The molecule has 0 saturated heterocycles. The fourth-order valence-electron chi connectivity index (χ4n) is 0.596. The maximum absolute atomic E-state index is 11.7. The number of ketones is 1. The van der Waals surface area contributed by atoms with Gasteiger partial charge in [-0.15, -0.1) is 0 Å². The Bertz CT molecular complexity index is 196. The van der Waals surface area contributed by atoms with Crippen LogP contribution in [0.4, 0.5) is 8.78 Å². The van der Waals surface area contributed by atoms with Gasteiger partial charge in [-0.2, -0.15) is 0 Å². The highest BCUT2D eigenvalue weighted by atomic mass is 19.3. The summed E-state index contributed by atoms with van der Waals surface area (Å²) in [5.41, 5.74) is 0. The Labute approximate surface area is 73.9 Å². The third kappa shape index (κ3) is 6.15. The van der Waals surface area contributed by atoms with Gasteiger partial charge in [0.2, 0.25) is 5.91 Å². The van der Waals surface area contributed by atoms with Crippen molar-refractivity contribution in [3.05, 3.63) is 0 Å². The number of amides is 1. The van der Waals surface area contributed by atoms with Gasteiger partial charge in [-0.05, 0) is 6.92 Å². The predicted octanol–water partition coefficient (Wildman–Crippen LogP) is -0.292. The molecule has 1 unspecified atom stereocenters. The molecule has 0 aliphatic rings. The van der Waals surface area contributed by atoms with Crippen LogP contribution in [0.25, 0.3) is 0 Å². The van der Waals surface area contributed by atoms with E-state index in [1.807, 2.05) is 5.32 Å². The van der Waals surface area contributed by atoms with Gasteiger partial charge in [0.15, 0.2) is 0 Å². The van der Waals surface area contributed by atoms with E-state index in [-0.39, 0.29) is 12.2 Å². The number of hydrogen-bond donors (Lipinski definition) is 2. The average Bonchev–Trinajstić information content (AvgIpc) is 1.98. The molecule has 4 nitrogen and oxygen atoms in total. The molecule has 0 rings (SSSR count). The molecule has 0 fully saturated rings. The molecule has 13 heavy (non-hydrogen) atoms. The third-order valence-corrected chi connectivity index (χ3v) is 1.21. The maximum Gasteiger partial charge on any atom is 0.265 e. The zero-order valence-corrected chi connectivity index (χ0v) is 7.09. The van der Waals surface area contributed by atoms with Gasteiger partial charge in [0, 0.05) is 6.54 Å². The normalized spacial score (nSPS) is 12.7. The number of alkyl halides is 2. The summed E-state index contributed by atoms with van der Waals surface area (Å²) in [4.78, 5) is 21.1. The Hall–Kier alpha value is -1.04. The largest absolute Gasteiger partial charge is 0.385 e. The minimum Gasteiger partial charge on any atom is -0.385 e. The van der Waals surface area contributed by atoms with Crippen molar-refractivity contribution in [1.29, 1.82) is 0 Å². The molecule has 6 heteroatoms. The van der Waals surface area contributed by atoms with Crippen molar-refractivity contribution in [2.45, 2.75) is 25.9 Å². The first-order valence-corrected chi connectivity index (χ1v) is 3.66. The highest BCUT2D eigenvalue weighted by Gasteiger charge is 2.17. The lowest BCUT2D eigenvalue weighted by Crippen LogP contribution is -2.36. The summed E-state index contributed by atoms with van der Waals surface area (Å²) in [6.07, 6.45) is -5.12. The number of rotatable bonds is 5. The van der Waals surface area contributed by atoms with Crippen LogP contribution in [0.1, 0.15) is 13.3 Å². The minimum absolute atomic E-state index is 0.351. The summed E-state index contributed by atoms with van der Waals surface area (Å²) in [7, 11) is 0. The second-order valence-corrected chi connectivity index (χ2v) is 2.58. The van der Waals surface area contributed by atoms with Crippen molar-refractivity contribution >= 4 is 11.7 Å². The minimum atomic E-state index is -2.89. The van der Waals surface area contributed by atoms with E-state index in [1.165, 1.54) is 6.92 Å². The van der Waals surface area contributed by atoms with Crippen molar-refractivity contribution in [3.8, 4) is 0 Å². The molecule has 0 aliphatic carbocycles. The van der Waals surface area contributed by atoms with Gasteiger partial charge in [-0.1, -0.05) is 0 Å². The number of hydrogen-bond acceptors (Lipinski definition) is 3. The van der Waals surface area contributed by atoms with Crippen LogP contribution in [0, 0.1) is 0 Å². The highest BCUT2D eigenvalue weighted by molar-refractivity contribution is 5.96. The predicted molar refractivity (Wildman–Crippen MR) is 40.3 cm³/mol. The molecule has 76 valence electrons. The molecule has 1 amide bonds. The maximum atomic E-state index is 11.7. The van der Waals surface area contributed by atoms with Crippen LogP contribution in [-0.4, -0.2) is 35.9 Å². The van der Waals surface area contributed by atoms with Crippen molar-refractivity contribution in [2.75, 3.05) is 6.54 Å². The van der Waals surface area contributed by atoms with Gasteiger partial charge >= 0.3 is 0 Å². The van der Waals surface area contributed by atoms with Crippen LogP contribution in [-0.2, 0) is 9.59 Å². The molecule has 0 aromatic heterocycles. The van der Waals surface area contributed by atoms with Gasteiger partial charge in [0.1, 0.15) is 11.9 Å². The highest BCUT2D eigenvalue weighted by Crippen LogP contribution is 1.98. The fraction of sp³-hybridized carbons (Fsp3) is 0.714. The number of carbonyl (C=O) groups is 2. The Morgan fingerprint density at radius 1 is 1.46 bits per heavy atom. The summed E-state index contributed by atoms with van der Waals surface area (Å²) in [6.45, 7) is 0.674. The van der Waals surface area contributed by atoms with E-state index < -0.39 is 25.0 Å². The number of nitrogens with one attached hydrogen (secondary N) is 1. The Balaban J connectivity index is 3.64. The van der Waals surface area contributed by atoms with Crippen molar-refractivity contribution < 1.29 is 23.5 Å². The summed E-state index contributed by atoms with van der Waals surface area (Å²) in [5, 5.41) is 10.6. The summed E-state index contributed by atoms with van der Waals surface area (Å²) >= 11 is 0. The summed E-state index contributed by atoms with van der Waals surface area (Å²) in [5.74, 6) is -1.02. The molecule has 0 aliphatic heterocycles. The fourth-order valence-corrected chi connectivity index (χ4v) is 0.596. The Morgan fingerprint density at radius 3 is 2.38 bits per heavy atom. The molecule has 0 bridgehead atoms. The van der Waals surface area contributed by atoms with Gasteiger partial charge < -0.3 is 10.4 Å². The zero-order chi connectivity index (χ0) is 10.4. The first kappa shape index (κ1) is 12.0. The molecule has 0 saturated carbocycles. The second-order valence-electron chi connectivity index (χ2n) is 2.58. The number of halogens is 2. The molecule has 0 radical (unpaired) electrons. The lowest BCUT2D eigenvalue weighted by atomic mass is 10.3. The van der Waals surface area contributed by atoms with E-state index in [9.17, 15) is 18.4 Å². The van der Waals surface area contributed by atoms with Crippen LogP contribution in [0.5, 0.6) is 0 Å². The Morgan fingerprint density at radius 2 is 2.00 bits per heavy atom. The van der Waals surface area contributed by atoms with E-state index in [0.717, 1.165) is 0 Å². The second kappa shape index (κ2) is 5.58.